The third-order valence-corrected chi connectivity index (χ3v) is 9.00. The van der Waals surface area contributed by atoms with Gasteiger partial charge in [0, 0.05) is 18.3 Å². The maximum absolute atomic E-state index is 14.1. The number of carbonyl (C=O) groups is 3. The number of likely N-dealkylation sites (tertiary alicyclic amines) is 1. The number of nitrogens with one attached hydrogen (secondary N) is 2. The fourth-order valence-electron chi connectivity index (χ4n) is 6.54. The van der Waals surface area contributed by atoms with E-state index in [1.165, 1.54) is 6.42 Å². The molecule has 0 aromatic heterocycles. The van der Waals surface area contributed by atoms with Crippen molar-refractivity contribution in [1.29, 1.82) is 0 Å². The van der Waals surface area contributed by atoms with E-state index in [1.807, 2.05) is 42.5 Å². The molecule has 1 spiro atoms. The van der Waals surface area contributed by atoms with E-state index in [0.29, 0.717) is 15.7 Å². The summed E-state index contributed by atoms with van der Waals surface area (Å²) < 4.78 is 6.42. The maximum atomic E-state index is 14.1. The van der Waals surface area contributed by atoms with Crippen LogP contribution in [0.25, 0.3) is 0 Å². The highest BCUT2D eigenvalue weighted by molar-refractivity contribution is 6.42. The predicted octanol–water partition coefficient (Wildman–Crippen LogP) is 4.73. The van der Waals surface area contributed by atoms with Crippen molar-refractivity contribution in [3.63, 3.8) is 0 Å². The molecule has 1 aliphatic carbocycles. The molecule has 9 heteroatoms. The summed E-state index contributed by atoms with van der Waals surface area (Å²) in [5.41, 5.74) is 0.181. The zero-order valence-corrected chi connectivity index (χ0v) is 22.3. The molecule has 3 fully saturated rings. The van der Waals surface area contributed by atoms with E-state index in [1.54, 1.807) is 23.1 Å². The van der Waals surface area contributed by atoms with Crippen molar-refractivity contribution in [2.24, 2.45) is 11.8 Å². The molecule has 2 N–H and O–H groups in total. The molecule has 7 nitrogen and oxygen atoms in total. The van der Waals surface area contributed by atoms with Crippen LogP contribution in [-0.2, 0) is 25.7 Å². The Bertz CT molecular complexity index is 1300. The SMILES string of the molecule is O=C(Nc1ccc(Cl)c(Cl)c1)C1C2C=CC3(O2)C1C(=O)N(Cc1ccccc1)C3C(=O)NC1CCCCC1. The van der Waals surface area contributed by atoms with Crippen molar-refractivity contribution in [3.8, 4) is 0 Å². The van der Waals surface area contributed by atoms with Crippen molar-refractivity contribution in [1.82, 2.24) is 10.2 Å². The number of hydrogen-bond acceptors (Lipinski definition) is 4. The van der Waals surface area contributed by atoms with Gasteiger partial charge in [-0.2, -0.15) is 0 Å². The van der Waals surface area contributed by atoms with Crippen molar-refractivity contribution in [2.75, 3.05) is 5.32 Å². The van der Waals surface area contributed by atoms with Gasteiger partial charge in [-0.15, -0.1) is 0 Å². The van der Waals surface area contributed by atoms with Crippen LogP contribution in [0.4, 0.5) is 5.69 Å². The normalized spacial score (nSPS) is 29.9. The smallest absolute Gasteiger partial charge is 0.246 e. The van der Waals surface area contributed by atoms with Crippen LogP contribution in [-0.4, -0.2) is 46.4 Å². The van der Waals surface area contributed by atoms with Gasteiger partial charge in [0.1, 0.15) is 11.6 Å². The second-order valence-electron chi connectivity index (χ2n) is 10.6. The summed E-state index contributed by atoms with van der Waals surface area (Å²) >= 11 is 12.2. The van der Waals surface area contributed by atoms with Gasteiger partial charge in [0.05, 0.1) is 28.0 Å². The van der Waals surface area contributed by atoms with Crippen LogP contribution in [0.3, 0.4) is 0 Å². The van der Waals surface area contributed by atoms with Gasteiger partial charge < -0.3 is 20.3 Å². The van der Waals surface area contributed by atoms with Gasteiger partial charge in [0.15, 0.2) is 0 Å². The number of benzene rings is 2. The van der Waals surface area contributed by atoms with E-state index < -0.39 is 29.6 Å². The molecule has 2 aromatic rings. The second kappa shape index (κ2) is 10.0. The van der Waals surface area contributed by atoms with Gasteiger partial charge in [0.2, 0.25) is 17.7 Å². The molecule has 0 radical (unpaired) electrons. The molecule has 1 saturated carbocycles. The summed E-state index contributed by atoms with van der Waals surface area (Å²) in [5, 5.41) is 6.78. The molecule has 38 heavy (non-hydrogen) atoms. The standard InChI is InChI=1S/C29H29Cl2N3O4/c30-20-12-11-19(15-21(20)31)33-26(35)23-22-13-14-29(38-22)24(23)28(37)34(16-17-7-3-1-4-8-17)25(29)27(36)32-18-9-5-2-6-10-18/h1,3-4,7-8,11-15,18,22-25H,2,5-6,9-10,16H2,(H,32,36)(H,33,35). The van der Waals surface area contributed by atoms with Gasteiger partial charge in [-0.1, -0.05) is 84.9 Å². The van der Waals surface area contributed by atoms with Crippen LogP contribution >= 0.6 is 23.2 Å². The summed E-state index contributed by atoms with van der Waals surface area (Å²) in [6.07, 6.45) is 8.22. The van der Waals surface area contributed by atoms with Crippen molar-refractivity contribution in [2.45, 2.75) is 62.4 Å². The lowest BCUT2D eigenvalue weighted by Crippen LogP contribution is -2.56. The monoisotopic (exact) mass is 553 g/mol. The van der Waals surface area contributed by atoms with Crippen LogP contribution in [0.5, 0.6) is 0 Å². The van der Waals surface area contributed by atoms with Crippen LogP contribution in [0.1, 0.15) is 37.7 Å². The molecule has 3 aliphatic heterocycles. The van der Waals surface area contributed by atoms with E-state index >= 15 is 0 Å². The average molecular weight is 554 g/mol. The minimum absolute atomic E-state index is 0.0803. The van der Waals surface area contributed by atoms with E-state index in [-0.39, 0.29) is 30.3 Å². The number of carbonyl (C=O) groups excluding carboxylic acids is 3. The topological polar surface area (TPSA) is 87.7 Å². The first kappa shape index (κ1) is 25.4. The highest BCUT2D eigenvalue weighted by Gasteiger charge is 2.72. The summed E-state index contributed by atoms with van der Waals surface area (Å²) in [5.74, 6) is -2.43. The van der Waals surface area contributed by atoms with Crippen LogP contribution in [0, 0.1) is 11.8 Å². The molecule has 3 heterocycles. The Balaban J connectivity index is 1.32. The first-order chi connectivity index (χ1) is 18.4. The largest absolute Gasteiger partial charge is 0.359 e. The number of amides is 3. The molecule has 5 unspecified atom stereocenters. The highest BCUT2D eigenvalue weighted by Crippen LogP contribution is 2.55. The Morgan fingerprint density at radius 1 is 1.00 bits per heavy atom. The molecular formula is C29H29Cl2N3O4. The zero-order chi connectivity index (χ0) is 26.4. The molecule has 6 rings (SSSR count). The summed E-state index contributed by atoms with van der Waals surface area (Å²) in [6, 6.07) is 13.6. The van der Waals surface area contributed by atoms with Crippen LogP contribution < -0.4 is 10.6 Å². The Morgan fingerprint density at radius 3 is 2.50 bits per heavy atom. The number of nitrogens with zero attached hydrogens (tertiary/aromatic N) is 1. The third-order valence-electron chi connectivity index (χ3n) is 8.26. The Morgan fingerprint density at radius 2 is 1.76 bits per heavy atom. The Labute approximate surface area is 231 Å². The maximum Gasteiger partial charge on any atom is 0.246 e. The van der Waals surface area contributed by atoms with Crippen molar-refractivity contribution >= 4 is 46.6 Å². The predicted molar refractivity (Wildman–Crippen MR) is 145 cm³/mol. The lowest BCUT2D eigenvalue weighted by Gasteiger charge is -2.34. The van der Waals surface area contributed by atoms with E-state index in [0.717, 1.165) is 31.2 Å². The van der Waals surface area contributed by atoms with Crippen LogP contribution in [0.2, 0.25) is 10.0 Å². The highest BCUT2D eigenvalue weighted by atomic mass is 35.5. The lowest BCUT2D eigenvalue weighted by molar-refractivity contribution is -0.142. The van der Waals surface area contributed by atoms with E-state index in [9.17, 15) is 14.4 Å². The fraction of sp³-hybridized carbons (Fsp3) is 0.414. The third kappa shape index (κ3) is 4.31. The number of anilines is 1. The summed E-state index contributed by atoms with van der Waals surface area (Å²) in [7, 11) is 0. The first-order valence-corrected chi connectivity index (χ1v) is 13.9. The van der Waals surface area contributed by atoms with E-state index in [4.69, 9.17) is 27.9 Å². The fourth-order valence-corrected chi connectivity index (χ4v) is 6.84. The number of ether oxygens (including phenoxy) is 1. The van der Waals surface area contributed by atoms with Crippen LogP contribution in [0.15, 0.2) is 60.7 Å². The molecular weight excluding hydrogens is 525 g/mol. The minimum atomic E-state index is -1.20. The molecule has 4 aliphatic rings. The molecule has 3 amide bonds. The van der Waals surface area contributed by atoms with Gasteiger partial charge >= 0.3 is 0 Å². The molecule has 5 atom stereocenters. The van der Waals surface area contributed by atoms with Gasteiger partial charge in [-0.3, -0.25) is 14.4 Å². The summed E-state index contributed by atoms with van der Waals surface area (Å²) in [6.45, 7) is 0.254. The van der Waals surface area contributed by atoms with Gasteiger partial charge in [0.25, 0.3) is 0 Å². The van der Waals surface area contributed by atoms with Gasteiger partial charge in [-0.25, -0.2) is 0 Å². The number of halogens is 2. The Kier molecular flexibility index (Phi) is 6.70. The second-order valence-corrected chi connectivity index (χ2v) is 11.4. The number of fused-ring (bicyclic) bond motifs is 1. The molecule has 2 saturated heterocycles. The first-order valence-electron chi connectivity index (χ1n) is 13.2. The average Bonchev–Trinajstić information content (AvgIpc) is 3.55. The zero-order valence-electron chi connectivity index (χ0n) is 20.7. The molecule has 198 valence electrons. The molecule has 2 bridgehead atoms. The molecule has 2 aromatic carbocycles. The van der Waals surface area contributed by atoms with Crippen molar-refractivity contribution < 1.29 is 19.1 Å². The minimum Gasteiger partial charge on any atom is -0.359 e. The number of rotatable bonds is 6. The lowest BCUT2D eigenvalue weighted by atomic mass is 9.74. The Hall–Kier alpha value is -2.87. The van der Waals surface area contributed by atoms with Crippen molar-refractivity contribution in [3.05, 3.63) is 76.3 Å². The van der Waals surface area contributed by atoms with E-state index in [2.05, 4.69) is 10.6 Å². The summed E-state index contributed by atoms with van der Waals surface area (Å²) in [4.78, 5) is 43.1. The number of hydrogen-bond donors (Lipinski definition) is 2. The van der Waals surface area contributed by atoms with Gasteiger partial charge in [-0.05, 0) is 36.6 Å². The quantitative estimate of drug-likeness (QED) is 0.506.